The first-order valence-corrected chi connectivity index (χ1v) is 8.90. The fourth-order valence-corrected chi connectivity index (χ4v) is 3.63. The maximum Gasteiger partial charge on any atom is 0.312 e. The van der Waals surface area contributed by atoms with Gasteiger partial charge < -0.3 is 5.32 Å². The fourth-order valence-electron chi connectivity index (χ4n) is 2.91. The number of benzene rings is 1. The van der Waals surface area contributed by atoms with Crippen LogP contribution < -0.4 is 10.5 Å². The highest BCUT2D eigenvalue weighted by atomic mass is 32.2. The topological polar surface area (TPSA) is 115 Å². The van der Waals surface area contributed by atoms with Crippen LogP contribution >= 0.6 is 0 Å². The van der Waals surface area contributed by atoms with Crippen molar-refractivity contribution in [1.29, 1.82) is 0 Å². The molecule has 1 aromatic rings. The second kappa shape index (κ2) is 6.62. The average Bonchev–Trinajstić information content (AvgIpc) is 2.62. The van der Waals surface area contributed by atoms with Crippen LogP contribution in [0.1, 0.15) is 39.0 Å². The molecule has 22 heavy (non-hydrogen) atoms. The largest absolute Gasteiger partial charge is 0.377 e. The van der Waals surface area contributed by atoms with Crippen LogP contribution in [-0.2, 0) is 10.0 Å². The number of hydrogen-bond donors (Lipinski definition) is 2. The minimum absolute atomic E-state index is 0.111. The number of nitrogens with one attached hydrogen (secondary N) is 1. The smallest absolute Gasteiger partial charge is 0.312 e. The van der Waals surface area contributed by atoms with Gasteiger partial charge in [0, 0.05) is 6.04 Å². The van der Waals surface area contributed by atoms with Crippen LogP contribution in [0.5, 0.6) is 0 Å². The number of nitrogens with two attached hydrogens (primary N) is 1. The van der Waals surface area contributed by atoms with E-state index in [9.17, 15) is 18.5 Å². The standard InChI is InChI=1S/C14H21N3O4S/c1-10-4-2-5-11(9-8-10)16-12-6-3-7-13(22(15,20)21)14(12)17(18)19/h3,6-7,10-11,16H,2,4-5,8-9H2,1H3,(H2,15,20,21). The summed E-state index contributed by atoms with van der Waals surface area (Å²) in [4.78, 5) is 10.1. The van der Waals surface area contributed by atoms with E-state index in [-0.39, 0.29) is 11.7 Å². The third-order valence-corrected chi connectivity index (χ3v) is 5.05. The van der Waals surface area contributed by atoms with E-state index in [1.807, 2.05) is 0 Å². The summed E-state index contributed by atoms with van der Waals surface area (Å²) in [7, 11) is -4.14. The van der Waals surface area contributed by atoms with Gasteiger partial charge in [-0.3, -0.25) is 10.1 Å². The molecule has 0 radical (unpaired) electrons. The predicted octanol–water partition coefficient (Wildman–Crippen LogP) is 2.62. The molecule has 2 rings (SSSR count). The summed E-state index contributed by atoms with van der Waals surface area (Å²) in [6.45, 7) is 2.20. The zero-order chi connectivity index (χ0) is 16.3. The SMILES string of the molecule is CC1CCCC(Nc2cccc(S(N)(=O)=O)c2[N+](=O)[O-])CC1. The molecule has 7 nitrogen and oxygen atoms in total. The van der Waals surface area contributed by atoms with Crippen molar-refractivity contribution in [3.05, 3.63) is 28.3 Å². The lowest BCUT2D eigenvalue weighted by atomic mass is 10.0. The van der Waals surface area contributed by atoms with Gasteiger partial charge in [-0.2, -0.15) is 0 Å². The molecule has 0 aromatic heterocycles. The van der Waals surface area contributed by atoms with Crippen molar-refractivity contribution in [1.82, 2.24) is 0 Å². The van der Waals surface area contributed by atoms with Crippen LogP contribution in [0.3, 0.4) is 0 Å². The molecule has 0 bridgehead atoms. The van der Waals surface area contributed by atoms with E-state index in [0.29, 0.717) is 5.92 Å². The molecule has 3 N–H and O–H groups in total. The van der Waals surface area contributed by atoms with Crippen LogP contribution in [0, 0.1) is 16.0 Å². The monoisotopic (exact) mass is 327 g/mol. The van der Waals surface area contributed by atoms with Crippen LogP contribution in [0.25, 0.3) is 0 Å². The Morgan fingerprint density at radius 1 is 1.27 bits per heavy atom. The van der Waals surface area contributed by atoms with E-state index in [1.165, 1.54) is 12.1 Å². The molecular formula is C14H21N3O4S. The zero-order valence-electron chi connectivity index (χ0n) is 12.5. The molecule has 2 unspecified atom stereocenters. The lowest BCUT2D eigenvalue weighted by molar-refractivity contribution is -0.386. The predicted molar refractivity (Wildman–Crippen MR) is 84.1 cm³/mol. The van der Waals surface area contributed by atoms with Crippen LogP contribution in [0.15, 0.2) is 23.1 Å². The van der Waals surface area contributed by atoms with Gasteiger partial charge in [0.05, 0.1) is 4.92 Å². The minimum atomic E-state index is -4.14. The van der Waals surface area contributed by atoms with Gasteiger partial charge in [0.2, 0.25) is 10.0 Å². The van der Waals surface area contributed by atoms with Crippen molar-refractivity contribution in [2.75, 3.05) is 5.32 Å². The number of nitrogens with zero attached hydrogens (tertiary/aromatic N) is 1. The second-order valence-electron chi connectivity index (χ2n) is 5.91. The molecule has 0 heterocycles. The summed E-state index contributed by atoms with van der Waals surface area (Å²) in [5, 5.41) is 19.5. The fraction of sp³-hybridized carbons (Fsp3) is 0.571. The van der Waals surface area contributed by atoms with E-state index in [4.69, 9.17) is 5.14 Å². The molecule has 8 heteroatoms. The molecule has 0 spiro atoms. The minimum Gasteiger partial charge on any atom is -0.377 e. The zero-order valence-corrected chi connectivity index (χ0v) is 13.3. The molecule has 0 saturated heterocycles. The van der Waals surface area contributed by atoms with Gasteiger partial charge in [0.1, 0.15) is 5.69 Å². The van der Waals surface area contributed by atoms with Gasteiger partial charge in [-0.05, 0) is 37.3 Å². The molecule has 1 fully saturated rings. The molecule has 1 aliphatic rings. The van der Waals surface area contributed by atoms with E-state index in [2.05, 4.69) is 12.2 Å². The molecule has 0 amide bonds. The van der Waals surface area contributed by atoms with E-state index < -0.39 is 25.5 Å². The lowest BCUT2D eigenvalue weighted by Crippen LogP contribution is -2.21. The highest BCUT2D eigenvalue weighted by Crippen LogP contribution is 2.33. The normalized spacial score (nSPS) is 22.8. The number of primary sulfonamides is 1. The Balaban J connectivity index is 2.33. The highest BCUT2D eigenvalue weighted by molar-refractivity contribution is 7.89. The number of nitro groups is 1. The lowest BCUT2D eigenvalue weighted by Gasteiger charge is -2.18. The molecular weight excluding hydrogens is 306 g/mol. The Labute approximate surface area is 130 Å². The highest BCUT2D eigenvalue weighted by Gasteiger charge is 2.28. The number of hydrogen-bond acceptors (Lipinski definition) is 5. The van der Waals surface area contributed by atoms with Crippen molar-refractivity contribution >= 4 is 21.4 Å². The van der Waals surface area contributed by atoms with Crippen molar-refractivity contribution < 1.29 is 13.3 Å². The van der Waals surface area contributed by atoms with Crippen LogP contribution in [0.2, 0.25) is 0 Å². The molecule has 1 aliphatic carbocycles. The van der Waals surface area contributed by atoms with Crippen LogP contribution in [-0.4, -0.2) is 19.4 Å². The van der Waals surface area contributed by atoms with Crippen LogP contribution in [0.4, 0.5) is 11.4 Å². The Bertz CT molecular complexity index is 660. The van der Waals surface area contributed by atoms with Crippen molar-refractivity contribution in [3.63, 3.8) is 0 Å². The van der Waals surface area contributed by atoms with Crippen molar-refractivity contribution in [2.45, 2.75) is 50.0 Å². The van der Waals surface area contributed by atoms with Gasteiger partial charge in [-0.25, -0.2) is 13.6 Å². The molecule has 1 aromatic carbocycles. The van der Waals surface area contributed by atoms with Crippen molar-refractivity contribution in [3.8, 4) is 0 Å². The molecule has 0 aliphatic heterocycles. The first kappa shape index (κ1) is 16.7. The summed E-state index contributed by atoms with van der Waals surface area (Å²) in [5.41, 5.74) is -0.252. The summed E-state index contributed by atoms with van der Waals surface area (Å²) in [5.74, 6) is 0.650. The van der Waals surface area contributed by atoms with Gasteiger partial charge in [-0.1, -0.05) is 25.8 Å². The van der Waals surface area contributed by atoms with Crippen molar-refractivity contribution in [2.24, 2.45) is 11.1 Å². The van der Waals surface area contributed by atoms with E-state index in [0.717, 1.165) is 38.2 Å². The van der Waals surface area contributed by atoms with Gasteiger partial charge in [0.25, 0.3) is 0 Å². The molecule has 1 saturated carbocycles. The summed E-state index contributed by atoms with van der Waals surface area (Å²) < 4.78 is 23.1. The third-order valence-electron chi connectivity index (χ3n) is 4.11. The number of sulfonamides is 1. The maximum absolute atomic E-state index is 11.5. The van der Waals surface area contributed by atoms with Gasteiger partial charge in [0.15, 0.2) is 4.90 Å². The molecule has 122 valence electrons. The number of anilines is 1. The quantitative estimate of drug-likeness (QED) is 0.501. The Morgan fingerprint density at radius 2 is 2.00 bits per heavy atom. The Morgan fingerprint density at radius 3 is 2.64 bits per heavy atom. The first-order chi connectivity index (χ1) is 10.3. The Kier molecular flexibility index (Phi) is 5.02. The van der Waals surface area contributed by atoms with Gasteiger partial charge >= 0.3 is 5.69 Å². The maximum atomic E-state index is 11.5. The number of nitro benzene ring substituents is 1. The first-order valence-electron chi connectivity index (χ1n) is 7.35. The summed E-state index contributed by atoms with van der Waals surface area (Å²) >= 11 is 0. The number of rotatable bonds is 4. The third kappa shape index (κ3) is 3.95. The van der Waals surface area contributed by atoms with Gasteiger partial charge in [-0.15, -0.1) is 0 Å². The summed E-state index contributed by atoms with van der Waals surface area (Å²) in [6.07, 6.45) is 5.10. The van der Waals surface area contributed by atoms with E-state index in [1.54, 1.807) is 0 Å². The Hall–Kier alpha value is -1.67. The average molecular weight is 327 g/mol. The summed E-state index contributed by atoms with van der Waals surface area (Å²) in [6, 6.07) is 4.27. The molecule has 2 atom stereocenters. The van der Waals surface area contributed by atoms with E-state index >= 15 is 0 Å². The number of para-hydroxylation sites is 1. The second-order valence-corrected chi connectivity index (χ2v) is 7.44.